The van der Waals surface area contributed by atoms with Gasteiger partial charge in [0.15, 0.2) is 0 Å². The van der Waals surface area contributed by atoms with Crippen molar-refractivity contribution in [1.29, 1.82) is 0 Å². The summed E-state index contributed by atoms with van der Waals surface area (Å²) in [6, 6.07) is 16.4. The van der Waals surface area contributed by atoms with E-state index in [9.17, 15) is 0 Å². The van der Waals surface area contributed by atoms with Gasteiger partial charge in [0.1, 0.15) is 0 Å². The fourth-order valence-electron chi connectivity index (χ4n) is 2.00. The first-order chi connectivity index (χ1) is 10.6. The molecule has 0 fully saturated rings. The van der Waals surface area contributed by atoms with Gasteiger partial charge in [0.05, 0.1) is 13.1 Å². The van der Waals surface area contributed by atoms with Gasteiger partial charge in [0.25, 0.3) is 0 Å². The molecule has 0 atom stereocenters. The lowest BCUT2D eigenvalue weighted by Crippen LogP contribution is -2.01. The normalized spacial score (nSPS) is 12.5. The van der Waals surface area contributed by atoms with Gasteiger partial charge in [0.2, 0.25) is 0 Å². The Bertz CT molecular complexity index is 610. The van der Waals surface area contributed by atoms with Gasteiger partial charge in [-0.15, -0.1) is 0 Å². The molecule has 2 rings (SSSR count). The number of halogens is 2. The first kappa shape index (κ1) is 17.1. The Morgan fingerprint density at radius 3 is 1.32 bits per heavy atom. The van der Waals surface area contributed by atoms with Crippen LogP contribution in [0.4, 0.5) is 0 Å². The molecule has 0 aliphatic rings. The molecule has 0 aliphatic carbocycles. The third-order valence-electron chi connectivity index (χ3n) is 3.32. The molecule has 0 spiro atoms. The molecular formula is C18H18Br2N2. The standard InChI is InChI=1S/C18H18Br2N2/c1-13(15-3-7-17(19)8-4-15)21-11-12-22-14(2)16-5-9-18(20)10-6-16/h3-10H,11-12H2,1-2H3. The van der Waals surface area contributed by atoms with Crippen molar-refractivity contribution in [2.75, 3.05) is 13.1 Å². The molecule has 2 nitrogen and oxygen atoms in total. The Morgan fingerprint density at radius 1 is 0.682 bits per heavy atom. The SMILES string of the molecule is CC(=NCCN=C(C)c1ccc(Br)cc1)c1ccc(Br)cc1. The van der Waals surface area contributed by atoms with Gasteiger partial charge in [-0.25, -0.2) is 0 Å². The molecule has 0 heterocycles. The lowest BCUT2D eigenvalue weighted by Gasteiger charge is -2.02. The molecule has 0 aromatic heterocycles. The Kier molecular flexibility index (Phi) is 6.52. The van der Waals surface area contributed by atoms with Crippen molar-refractivity contribution in [2.24, 2.45) is 9.98 Å². The Balaban J connectivity index is 1.92. The van der Waals surface area contributed by atoms with E-state index in [2.05, 4.69) is 66.1 Å². The van der Waals surface area contributed by atoms with Crippen LogP contribution in [0.1, 0.15) is 25.0 Å². The Labute approximate surface area is 148 Å². The molecule has 2 aromatic carbocycles. The number of rotatable bonds is 5. The minimum Gasteiger partial charge on any atom is -0.288 e. The fraction of sp³-hybridized carbons (Fsp3) is 0.222. The summed E-state index contributed by atoms with van der Waals surface area (Å²) in [7, 11) is 0. The summed E-state index contributed by atoms with van der Waals surface area (Å²) in [6.45, 7) is 5.48. The van der Waals surface area contributed by atoms with E-state index < -0.39 is 0 Å². The van der Waals surface area contributed by atoms with Crippen LogP contribution in [0.15, 0.2) is 67.5 Å². The van der Waals surface area contributed by atoms with Crippen LogP contribution < -0.4 is 0 Å². The third kappa shape index (κ3) is 5.18. The molecule has 0 saturated carbocycles. The van der Waals surface area contributed by atoms with Crippen LogP contribution in [0.5, 0.6) is 0 Å². The van der Waals surface area contributed by atoms with Crippen LogP contribution in [0.25, 0.3) is 0 Å². The average molecular weight is 422 g/mol. The highest BCUT2D eigenvalue weighted by Gasteiger charge is 1.98. The van der Waals surface area contributed by atoms with Crippen LogP contribution in [-0.4, -0.2) is 24.5 Å². The van der Waals surface area contributed by atoms with Crippen molar-refractivity contribution in [3.63, 3.8) is 0 Å². The smallest absolute Gasteiger partial charge is 0.0588 e. The second kappa shape index (κ2) is 8.39. The first-order valence-electron chi connectivity index (χ1n) is 7.10. The molecule has 0 radical (unpaired) electrons. The predicted octanol–water partition coefficient (Wildman–Crippen LogP) is 5.53. The molecule has 114 valence electrons. The minimum atomic E-state index is 0.704. The molecule has 0 bridgehead atoms. The topological polar surface area (TPSA) is 24.7 Å². The van der Waals surface area contributed by atoms with Crippen molar-refractivity contribution in [1.82, 2.24) is 0 Å². The predicted molar refractivity (Wildman–Crippen MR) is 102 cm³/mol. The van der Waals surface area contributed by atoms with E-state index in [1.54, 1.807) is 0 Å². The minimum absolute atomic E-state index is 0.704. The van der Waals surface area contributed by atoms with E-state index in [0.717, 1.165) is 31.5 Å². The lowest BCUT2D eigenvalue weighted by molar-refractivity contribution is 0.973. The maximum absolute atomic E-state index is 4.59. The van der Waals surface area contributed by atoms with E-state index in [0.29, 0.717) is 13.1 Å². The lowest BCUT2D eigenvalue weighted by atomic mass is 10.1. The van der Waals surface area contributed by atoms with Gasteiger partial charge in [-0.3, -0.25) is 9.98 Å². The number of nitrogens with zero attached hydrogens (tertiary/aromatic N) is 2. The van der Waals surface area contributed by atoms with Gasteiger partial charge in [0, 0.05) is 20.4 Å². The maximum atomic E-state index is 4.59. The Morgan fingerprint density at radius 2 is 1.00 bits per heavy atom. The van der Waals surface area contributed by atoms with E-state index in [-0.39, 0.29) is 0 Å². The summed E-state index contributed by atoms with van der Waals surface area (Å²) in [6.07, 6.45) is 0. The average Bonchev–Trinajstić information content (AvgIpc) is 2.52. The van der Waals surface area contributed by atoms with E-state index in [1.807, 2.05) is 38.1 Å². The zero-order chi connectivity index (χ0) is 15.9. The summed E-state index contributed by atoms with van der Waals surface area (Å²) in [5, 5.41) is 0. The quantitative estimate of drug-likeness (QED) is 0.447. The van der Waals surface area contributed by atoms with Crippen molar-refractivity contribution < 1.29 is 0 Å². The number of hydrogen-bond donors (Lipinski definition) is 0. The second-order valence-corrected chi connectivity index (χ2v) is 6.78. The molecule has 0 saturated heterocycles. The van der Waals surface area contributed by atoms with E-state index in [4.69, 9.17) is 0 Å². The zero-order valence-electron chi connectivity index (χ0n) is 12.7. The maximum Gasteiger partial charge on any atom is 0.0588 e. The second-order valence-electron chi connectivity index (χ2n) is 4.95. The van der Waals surface area contributed by atoms with Gasteiger partial charge >= 0.3 is 0 Å². The van der Waals surface area contributed by atoms with Gasteiger partial charge in [-0.05, 0) is 49.2 Å². The summed E-state index contributed by atoms with van der Waals surface area (Å²) < 4.78 is 2.16. The summed E-state index contributed by atoms with van der Waals surface area (Å²) in [5.41, 5.74) is 4.39. The number of hydrogen-bond acceptors (Lipinski definition) is 2. The van der Waals surface area contributed by atoms with Gasteiger partial charge in [-0.2, -0.15) is 0 Å². The number of benzene rings is 2. The summed E-state index contributed by atoms with van der Waals surface area (Å²) in [4.78, 5) is 9.18. The first-order valence-corrected chi connectivity index (χ1v) is 8.69. The van der Waals surface area contributed by atoms with Crippen LogP contribution in [0, 0.1) is 0 Å². The monoisotopic (exact) mass is 420 g/mol. The van der Waals surface area contributed by atoms with Crippen molar-refractivity contribution >= 4 is 43.3 Å². The summed E-state index contributed by atoms with van der Waals surface area (Å²) >= 11 is 6.88. The molecule has 2 aromatic rings. The third-order valence-corrected chi connectivity index (χ3v) is 4.38. The van der Waals surface area contributed by atoms with Crippen LogP contribution >= 0.6 is 31.9 Å². The largest absolute Gasteiger partial charge is 0.288 e. The van der Waals surface area contributed by atoms with Crippen LogP contribution in [-0.2, 0) is 0 Å². The molecule has 0 amide bonds. The van der Waals surface area contributed by atoms with Crippen LogP contribution in [0.2, 0.25) is 0 Å². The van der Waals surface area contributed by atoms with Gasteiger partial charge in [-0.1, -0.05) is 56.1 Å². The molecule has 0 aliphatic heterocycles. The van der Waals surface area contributed by atoms with Crippen LogP contribution in [0.3, 0.4) is 0 Å². The fourth-order valence-corrected chi connectivity index (χ4v) is 2.53. The van der Waals surface area contributed by atoms with Crippen molar-refractivity contribution in [3.8, 4) is 0 Å². The highest BCUT2D eigenvalue weighted by molar-refractivity contribution is 9.10. The highest BCUT2D eigenvalue weighted by Crippen LogP contribution is 2.12. The number of aliphatic imine (C=N–C) groups is 2. The molecular weight excluding hydrogens is 404 g/mol. The van der Waals surface area contributed by atoms with Crippen molar-refractivity contribution in [2.45, 2.75) is 13.8 Å². The molecule has 22 heavy (non-hydrogen) atoms. The molecule has 4 heteroatoms. The highest BCUT2D eigenvalue weighted by atomic mass is 79.9. The van der Waals surface area contributed by atoms with Gasteiger partial charge < -0.3 is 0 Å². The molecule has 0 N–H and O–H groups in total. The molecule has 0 unspecified atom stereocenters. The van der Waals surface area contributed by atoms with Crippen molar-refractivity contribution in [3.05, 3.63) is 68.6 Å². The Hall–Kier alpha value is -1.26. The van der Waals surface area contributed by atoms with E-state index in [1.165, 1.54) is 0 Å². The zero-order valence-corrected chi connectivity index (χ0v) is 15.9. The van der Waals surface area contributed by atoms with E-state index >= 15 is 0 Å². The summed E-state index contributed by atoms with van der Waals surface area (Å²) in [5.74, 6) is 0.